The van der Waals surface area contributed by atoms with Crippen molar-refractivity contribution in [2.24, 2.45) is 0 Å². The number of nitrogens with zero attached hydrogens (tertiary/aromatic N) is 1. The van der Waals surface area contributed by atoms with Crippen LogP contribution in [0.4, 0.5) is 15.8 Å². The van der Waals surface area contributed by atoms with E-state index in [0.717, 1.165) is 24.1 Å². The van der Waals surface area contributed by atoms with Crippen LogP contribution in [0, 0.1) is 5.82 Å². The quantitative estimate of drug-likeness (QED) is 0.836. The van der Waals surface area contributed by atoms with Crippen molar-refractivity contribution in [2.45, 2.75) is 25.8 Å². The Hall–Kier alpha value is -1.78. The van der Waals surface area contributed by atoms with Crippen molar-refractivity contribution in [3.05, 3.63) is 57.8 Å². The Balaban J connectivity index is 1.76. The minimum atomic E-state index is -0.249. The maximum atomic E-state index is 13.4. The molecule has 0 aliphatic carbocycles. The van der Waals surface area contributed by atoms with Crippen LogP contribution in [-0.2, 0) is 11.2 Å². The molecule has 1 atom stereocenters. The number of hydrogen-bond donors (Lipinski definition) is 1. The molecule has 1 aliphatic heterocycles. The van der Waals surface area contributed by atoms with Crippen LogP contribution in [-0.4, -0.2) is 18.5 Å². The summed E-state index contributed by atoms with van der Waals surface area (Å²) in [5.74, 6) is -0.418. The molecule has 0 aromatic heterocycles. The number of benzene rings is 2. The number of rotatable bonds is 3. The van der Waals surface area contributed by atoms with Gasteiger partial charge >= 0.3 is 0 Å². The summed E-state index contributed by atoms with van der Waals surface area (Å²) in [6.45, 7) is 2.25. The van der Waals surface area contributed by atoms with E-state index in [-0.39, 0.29) is 24.3 Å². The van der Waals surface area contributed by atoms with Gasteiger partial charge in [-0.2, -0.15) is 0 Å². The predicted octanol–water partition coefficient (Wildman–Crippen LogP) is 4.91. The molecule has 0 fully saturated rings. The lowest BCUT2D eigenvalue weighted by molar-refractivity contribution is -0.115. The van der Waals surface area contributed by atoms with Crippen LogP contribution in [0.25, 0.3) is 0 Å². The van der Waals surface area contributed by atoms with E-state index in [0.29, 0.717) is 15.7 Å². The Bertz CT molecular complexity index is 761. The molecule has 1 aliphatic rings. The average molecular weight is 367 g/mol. The third-order valence-electron chi connectivity index (χ3n) is 4.17. The lowest BCUT2D eigenvalue weighted by Crippen LogP contribution is -2.42. The number of carbonyl (C=O) groups excluding carboxylic acids is 1. The van der Waals surface area contributed by atoms with E-state index in [1.165, 1.54) is 6.07 Å². The van der Waals surface area contributed by atoms with Crippen molar-refractivity contribution in [3.8, 4) is 0 Å². The van der Waals surface area contributed by atoms with Gasteiger partial charge in [-0.1, -0.05) is 23.2 Å². The van der Waals surface area contributed by atoms with Crippen molar-refractivity contribution in [1.29, 1.82) is 0 Å². The third-order valence-corrected chi connectivity index (χ3v) is 4.61. The normalized spacial score (nSPS) is 16.7. The van der Waals surface area contributed by atoms with Crippen molar-refractivity contribution < 1.29 is 9.18 Å². The highest BCUT2D eigenvalue weighted by Gasteiger charge is 2.25. The van der Waals surface area contributed by atoms with E-state index in [9.17, 15) is 9.18 Å². The van der Waals surface area contributed by atoms with Crippen molar-refractivity contribution in [1.82, 2.24) is 0 Å². The monoisotopic (exact) mass is 366 g/mol. The van der Waals surface area contributed by atoms with Crippen LogP contribution in [0.15, 0.2) is 36.4 Å². The Kier molecular flexibility index (Phi) is 4.97. The van der Waals surface area contributed by atoms with Gasteiger partial charge in [-0.3, -0.25) is 4.79 Å². The number of nitrogens with one attached hydrogen (secondary N) is 1. The molecule has 1 amide bonds. The van der Waals surface area contributed by atoms with Gasteiger partial charge in [-0.25, -0.2) is 4.39 Å². The summed E-state index contributed by atoms with van der Waals surface area (Å²) in [6.07, 6.45) is 1.70. The number of anilines is 2. The molecule has 0 bridgehead atoms. The molecule has 126 valence electrons. The minimum Gasteiger partial charge on any atom is -0.359 e. The summed E-state index contributed by atoms with van der Waals surface area (Å²) in [6, 6.07) is 9.82. The fourth-order valence-electron chi connectivity index (χ4n) is 3.01. The first kappa shape index (κ1) is 17.1. The molecule has 2 aromatic carbocycles. The first-order chi connectivity index (χ1) is 11.4. The van der Waals surface area contributed by atoms with Gasteiger partial charge in [0.05, 0.1) is 6.54 Å². The first-order valence-corrected chi connectivity index (χ1v) is 8.49. The largest absolute Gasteiger partial charge is 0.359 e. The van der Waals surface area contributed by atoms with E-state index in [4.69, 9.17) is 23.2 Å². The van der Waals surface area contributed by atoms with Gasteiger partial charge in [0.15, 0.2) is 0 Å². The molecule has 2 aromatic rings. The van der Waals surface area contributed by atoms with Crippen LogP contribution in [0.1, 0.15) is 18.9 Å². The predicted molar refractivity (Wildman–Crippen MR) is 96.6 cm³/mol. The van der Waals surface area contributed by atoms with E-state index in [1.54, 1.807) is 30.3 Å². The zero-order valence-corrected chi connectivity index (χ0v) is 14.7. The summed E-state index contributed by atoms with van der Waals surface area (Å²) in [4.78, 5) is 14.4. The van der Waals surface area contributed by atoms with Gasteiger partial charge in [0.2, 0.25) is 5.91 Å². The summed E-state index contributed by atoms with van der Waals surface area (Å²) in [5.41, 5.74) is 2.41. The molecule has 1 N–H and O–H groups in total. The lowest BCUT2D eigenvalue weighted by Gasteiger charge is -2.36. The number of carbonyl (C=O) groups is 1. The Morgan fingerprint density at radius 2 is 1.96 bits per heavy atom. The number of aryl methyl sites for hydroxylation is 1. The fourth-order valence-corrected chi connectivity index (χ4v) is 3.54. The van der Waals surface area contributed by atoms with Crippen LogP contribution >= 0.6 is 23.2 Å². The summed E-state index contributed by atoms with van der Waals surface area (Å²) >= 11 is 11.9. The van der Waals surface area contributed by atoms with Gasteiger partial charge in [-0.15, -0.1) is 0 Å². The molecule has 0 saturated carbocycles. The Morgan fingerprint density at radius 3 is 2.67 bits per heavy atom. The van der Waals surface area contributed by atoms with E-state index in [2.05, 4.69) is 12.2 Å². The van der Waals surface area contributed by atoms with Gasteiger partial charge in [0.1, 0.15) is 5.82 Å². The number of halogens is 3. The Labute approximate surface area is 150 Å². The zero-order valence-electron chi connectivity index (χ0n) is 13.2. The average Bonchev–Trinajstić information content (AvgIpc) is 2.49. The van der Waals surface area contributed by atoms with Gasteiger partial charge in [-0.05, 0) is 61.7 Å². The molecule has 3 rings (SSSR count). The number of hydrogen-bond acceptors (Lipinski definition) is 2. The molecular weight excluding hydrogens is 350 g/mol. The van der Waals surface area contributed by atoms with Crippen molar-refractivity contribution in [3.63, 3.8) is 0 Å². The summed E-state index contributed by atoms with van der Waals surface area (Å²) < 4.78 is 13.4. The molecule has 1 unspecified atom stereocenters. The molecule has 1 heterocycles. The van der Waals surface area contributed by atoms with Gasteiger partial charge in [0.25, 0.3) is 0 Å². The van der Waals surface area contributed by atoms with Crippen molar-refractivity contribution in [2.75, 3.05) is 16.8 Å². The second kappa shape index (κ2) is 6.99. The minimum absolute atomic E-state index is 0.169. The van der Waals surface area contributed by atoms with Gasteiger partial charge < -0.3 is 10.2 Å². The maximum absolute atomic E-state index is 13.4. The van der Waals surface area contributed by atoms with Crippen LogP contribution < -0.4 is 10.2 Å². The van der Waals surface area contributed by atoms with E-state index >= 15 is 0 Å². The fraction of sp³-hybridized carbons (Fsp3) is 0.278. The second-order valence-electron chi connectivity index (χ2n) is 5.99. The highest BCUT2D eigenvalue weighted by Crippen LogP contribution is 2.31. The lowest BCUT2D eigenvalue weighted by atomic mass is 9.96. The van der Waals surface area contributed by atoms with Crippen LogP contribution in [0.3, 0.4) is 0 Å². The molecule has 0 spiro atoms. The molecule has 24 heavy (non-hydrogen) atoms. The highest BCUT2D eigenvalue weighted by atomic mass is 35.5. The molecule has 0 saturated heterocycles. The SMILES string of the molecule is CC1CCc2cc(F)ccc2N1CC(=O)Nc1cc(Cl)cc(Cl)c1. The van der Waals surface area contributed by atoms with Crippen LogP contribution in [0.5, 0.6) is 0 Å². The Morgan fingerprint density at radius 1 is 1.25 bits per heavy atom. The first-order valence-electron chi connectivity index (χ1n) is 7.73. The smallest absolute Gasteiger partial charge is 0.243 e. The number of amides is 1. The van der Waals surface area contributed by atoms with Crippen molar-refractivity contribution >= 4 is 40.5 Å². The number of fused-ring (bicyclic) bond motifs is 1. The second-order valence-corrected chi connectivity index (χ2v) is 6.87. The standard InChI is InChI=1S/C18H17Cl2FN2O/c1-11-2-3-12-6-15(21)4-5-17(12)23(11)10-18(24)22-16-8-13(19)7-14(20)9-16/h4-9,11H,2-3,10H2,1H3,(H,22,24). The van der Waals surface area contributed by atoms with Crippen LogP contribution in [0.2, 0.25) is 10.0 Å². The summed E-state index contributed by atoms with van der Waals surface area (Å²) in [5, 5.41) is 3.74. The molecular formula is C18H17Cl2FN2O. The molecule has 6 heteroatoms. The zero-order chi connectivity index (χ0) is 17.3. The highest BCUT2D eigenvalue weighted by molar-refractivity contribution is 6.35. The van der Waals surface area contributed by atoms with E-state index in [1.807, 2.05) is 4.90 Å². The molecule has 3 nitrogen and oxygen atoms in total. The van der Waals surface area contributed by atoms with Gasteiger partial charge in [0, 0.05) is 27.5 Å². The molecule has 0 radical (unpaired) electrons. The summed E-state index contributed by atoms with van der Waals surface area (Å²) in [7, 11) is 0. The third kappa shape index (κ3) is 3.82. The maximum Gasteiger partial charge on any atom is 0.243 e. The topological polar surface area (TPSA) is 32.3 Å². The van der Waals surface area contributed by atoms with E-state index < -0.39 is 0 Å².